The minimum Gasteiger partial charge on any atom is -0.492 e. The second-order valence-corrected chi connectivity index (χ2v) is 7.67. The zero-order valence-electron chi connectivity index (χ0n) is 17.3. The lowest BCUT2D eigenvalue weighted by Gasteiger charge is -2.34. The van der Waals surface area contributed by atoms with E-state index in [0.717, 1.165) is 45.6 Å². The molecule has 0 saturated carbocycles. The van der Waals surface area contributed by atoms with Crippen LogP contribution in [0.4, 0.5) is 0 Å². The summed E-state index contributed by atoms with van der Waals surface area (Å²) < 4.78 is 17.5. The minimum atomic E-state index is -0.225. The Hall–Kier alpha value is -2.65. The number of aromatic nitrogens is 2. The normalized spacial score (nSPS) is 18.5. The van der Waals surface area contributed by atoms with Crippen molar-refractivity contribution in [2.24, 2.45) is 0 Å². The highest BCUT2D eigenvalue weighted by molar-refractivity contribution is 5.85. The standard InChI is InChI=1S/C21H28N4O5/c1-15(26)25-6-4-24(5-7-25)8-11-29-17-12-18-20(21(27)23-14-22-18)19(13-17)30-16-2-9-28-10-3-16/h12-14,16H,2-11H2,1H3,(H,22,23,27). The fourth-order valence-corrected chi connectivity index (χ4v) is 3.87. The summed E-state index contributed by atoms with van der Waals surface area (Å²) in [6, 6.07) is 3.55. The Labute approximate surface area is 174 Å². The third-order valence-electron chi connectivity index (χ3n) is 5.64. The molecule has 9 heteroatoms. The van der Waals surface area contributed by atoms with Crippen LogP contribution in [0.2, 0.25) is 0 Å². The Kier molecular flexibility index (Phi) is 6.49. The molecule has 1 N–H and O–H groups in total. The van der Waals surface area contributed by atoms with Gasteiger partial charge in [-0.05, 0) is 0 Å². The van der Waals surface area contributed by atoms with E-state index in [1.54, 1.807) is 19.1 Å². The van der Waals surface area contributed by atoms with E-state index >= 15 is 0 Å². The van der Waals surface area contributed by atoms with Crippen molar-refractivity contribution in [3.8, 4) is 11.5 Å². The van der Waals surface area contributed by atoms with Crippen LogP contribution in [0.5, 0.6) is 11.5 Å². The van der Waals surface area contributed by atoms with Crippen LogP contribution in [0.25, 0.3) is 10.9 Å². The van der Waals surface area contributed by atoms with Gasteiger partial charge in [-0.1, -0.05) is 0 Å². The van der Waals surface area contributed by atoms with Gasteiger partial charge in [-0.3, -0.25) is 14.5 Å². The number of carbonyl (C=O) groups is 1. The molecule has 4 rings (SSSR count). The van der Waals surface area contributed by atoms with E-state index in [1.807, 2.05) is 4.90 Å². The van der Waals surface area contributed by atoms with E-state index in [0.29, 0.717) is 42.2 Å². The molecule has 2 aliphatic rings. The molecule has 30 heavy (non-hydrogen) atoms. The molecule has 0 radical (unpaired) electrons. The Morgan fingerprint density at radius 3 is 2.73 bits per heavy atom. The van der Waals surface area contributed by atoms with Crippen molar-refractivity contribution in [3.05, 3.63) is 28.8 Å². The molecule has 0 bridgehead atoms. The molecule has 2 aliphatic heterocycles. The summed E-state index contributed by atoms with van der Waals surface area (Å²) in [5.41, 5.74) is 0.324. The molecule has 0 aliphatic carbocycles. The van der Waals surface area contributed by atoms with Crippen LogP contribution in [-0.2, 0) is 9.53 Å². The minimum absolute atomic E-state index is 0.00868. The van der Waals surface area contributed by atoms with Crippen LogP contribution >= 0.6 is 0 Å². The molecule has 162 valence electrons. The van der Waals surface area contributed by atoms with Crippen LogP contribution in [0.15, 0.2) is 23.3 Å². The number of aromatic amines is 1. The summed E-state index contributed by atoms with van der Waals surface area (Å²) >= 11 is 0. The number of carbonyl (C=O) groups excluding carboxylic acids is 1. The van der Waals surface area contributed by atoms with Gasteiger partial charge in [0.1, 0.15) is 29.6 Å². The molecule has 9 nitrogen and oxygen atoms in total. The van der Waals surface area contributed by atoms with Crippen LogP contribution in [0.1, 0.15) is 19.8 Å². The number of benzene rings is 1. The Bertz CT molecular complexity index is 933. The van der Waals surface area contributed by atoms with E-state index in [9.17, 15) is 9.59 Å². The van der Waals surface area contributed by atoms with Gasteiger partial charge in [-0.25, -0.2) is 4.98 Å². The van der Waals surface area contributed by atoms with E-state index in [4.69, 9.17) is 14.2 Å². The smallest absolute Gasteiger partial charge is 0.262 e. The first-order valence-electron chi connectivity index (χ1n) is 10.5. The van der Waals surface area contributed by atoms with Crippen LogP contribution in [0, 0.1) is 0 Å². The number of fused-ring (bicyclic) bond motifs is 1. The number of H-pyrrole nitrogens is 1. The van der Waals surface area contributed by atoms with Gasteiger partial charge >= 0.3 is 0 Å². The summed E-state index contributed by atoms with van der Waals surface area (Å²) in [7, 11) is 0. The van der Waals surface area contributed by atoms with E-state index in [2.05, 4.69) is 14.9 Å². The summed E-state index contributed by atoms with van der Waals surface area (Å²) in [6.45, 7) is 7.38. The molecule has 2 fully saturated rings. The highest BCUT2D eigenvalue weighted by atomic mass is 16.5. The van der Waals surface area contributed by atoms with Crippen molar-refractivity contribution in [1.82, 2.24) is 19.8 Å². The number of rotatable bonds is 6. The van der Waals surface area contributed by atoms with Crippen molar-refractivity contribution in [2.75, 3.05) is 52.5 Å². The third-order valence-corrected chi connectivity index (χ3v) is 5.64. The Balaban J connectivity index is 1.42. The van der Waals surface area contributed by atoms with Gasteiger partial charge < -0.3 is 24.1 Å². The summed E-state index contributed by atoms with van der Waals surface area (Å²) in [5.74, 6) is 1.26. The molecule has 1 amide bonds. The average Bonchev–Trinajstić information content (AvgIpc) is 2.75. The molecule has 2 aromatic rings. The molecule has 1 aromatic heterocycles. The monoisotopic (exact) mass is 416 g/mol. The number of amides is 1. The second-order valence-electron chi connectivity index (χ2n) is 7.67. The largest absolute Gasteiger partial charge is 0.492 e. The van der Waals surface area contributed by atoms with Gasteiger partial charge in [0.15, 0.2) is 0 Å². The molecule has 1 aromatic carbocycles. The first-order valence-corrected chi connectivity index (χ1v) is 10.5. The van der Waals surface area contributed by atoms with Crippen LogP contribution < -0.4 is 15.0 Å². The molecule has 2 saturated heterocycles. The van der Waals surface area contributed by atoms with Crippen LogP contribution in [-0.4, -0.2) is 84.3 Å². The zero-order valence-corrected chi connectivity index (χ0v) is 17.3. The third kappa shape index (κ3) is 4.91. The lowest BCUT2D eigenvalue weighted by Crippen LogP contribution is -2.48. The van der Waals surface area contributed by atoms with Crippen molar-refractivity contribution in [2.45, 2.75) is 25.9 Å². The van der Waals surface area contributed by atoms with Crippen molar-refractivity contribution in [3.63, 3.8) is 0 Å². The summed E-state index contributed by atoms with van der Waals surface area (Å²) in [6.07, 6.45) is 2.98. The number of hydrogen-bond acceptors (Lipinski definition) is 7. The maximum atomic E-state index is 12.4. The van der Waals surface area contributed by atoms with E-state index in [-0.39, 0.29) is 17.6 Å². The van der Waals surface area contributed by atoms with Gasteiger partial charge in [0.25, 0.3) is 5.56 Å². The average molecular weight is 416 g/mol. The molecular weight excluding hydrogens is 388 g/mol. The van der Waals surface area contributed by atoms with Gasteiger partial charge in [-0.15, -0.1) is 0 Å². The SMILES string of the molecule is CC(=O)N1CCN(CCOc2cc(OC3CCOCC3)c3c(=O)[nH]cnc3c2)CC1. The maximum Gasteiger partial charge on any atom is 0.262 e. The maximum absolute atomic E-state index is 12.4. The second kappa shape index (κ2) is 9.44. The Morgan fingerprint density at radius 1 is 1.23 bits per heavy atom. The number of hydrogen-bond donors (Lipinski definition) is 1. The number of nitrogens with zero attached hydrogens (tertiary/aromatic N) is 3. The van der Waals surface area contributed by atoms with E-state index in [1.165, 1.54) is 6.33 Å². The van der Waals surface area contributed by atoms with Crippen molar-refractivity contribution < 1.29 is 19.0 Å². The summed E-state index contributed by atoms with van der Waals surface area (Å²) in [4.78, 5) is 34.9. The van der Waals surface area contributed by atoms with Gasteiger partial charge in [0.05, 0.1) is 25.1 Å². The molecular formula is C21H28N4O5. The van der Waals surface area contributed by atoms with Crippen LogP contribution in [0.3, 0.4) is 0 Å². The van der Waals surface area contributed by atoms with Gasteiger partial charge in [-0.2, -0.15) is 0 Å². The van der Waals surface area contributed by atoms with Crippen molar-refractivity contribution in [1.29, 1.82) is 0 Å². The summed E-state index contributed by atoms with van der Waals surface area (Å²) in [5, 5.41) is 0.441. The fraction of sp³-hybridized carbons (Fsp3) is 0.571. The quantitative estimate of drug-likeness (QED) is 0.751. The fourth-order valence-electron chi connectivity index (χ4n) is 3.87. The zero-order chi connectivity index (χ0) is 20.9. The van der Waals surface area contributed by atoms with Gasteiger partial charge in [0.2, 0.25) is 5.91 Å². The topological polar surface area (TPSA) is 97.0 Å². The molecule has 3 heterocycles. The van der Waals surface area contributed by atoms with Gasteiger partial charge in [0, 0.05) is 64.6 Å². The highest BCUT2D eigenvalue weighted by Gasteiger charge is 2.20. The predicted octanol–water partition coefficient (Wildman–Crippen LogP) is 1.02. The Morgan fingerprint density at radius 2 is 2.00 bits per heavy atom. The lowest BCUT2D eigenvalue weighted by atomic mass is 10.1. The lowest BCUT2D eigenvalue weighted by molar-refractivity contribution is -0.130. The number of nitrogens with one attached hydrogen (secondary N) is 1. The highest BCUT2D eigenvalue weighted by Crippen LogP contribution is 2.30. The number of ether oxygens (including phenoxy) is 3. The molecule has 0 spiro atoms. The van der Waals surface area contributed by atoms with E-state index < -0.39 is 0 Å². The molecule has 0 atom stereocenters. The predicted molar refractivity (Wildman–Crippen MR) is 111 cm³/mol. The molecule has 0 unspecified atom stereocenters. The first kappa shape index (κ1) is 20.6. The number of piperazine rings is 1. The van der Waals surface area contributed by atoms with Crippen molar-refractivity contribution >= 4 is 16.8 Å². The first-order chi connectivity index (χ1) is 14.6.